The van der Waals surface area contributed by atoms with E-state index in [1.807, 2.05) is 6.92 Å². The van der Waals surface area contributed by atoms with Crippen molar-refractivity contribution in [3.63, 3.8) is 0 Å². The highest BCUT2D eigenvalue weighted by Gasteiger charge is 2.15. The second-order valence-electron chi connectivity index (χ2n) is 5.34. The van der Waals surface area contributed by atoms with Crippen molar-refractivity contribution in [3.8, 4) is 0 Å². The van der Waals surface area contributed by atoms with E-state index in [2.05, 4.69) is 23.5 Å². The van der Waals surface area contributed by atoms with Crippen molar-refractivity contribution >= 4 is 17.3 Å². The van der Waals surface area contributed by atoms with Crippen molar-refractivity contribution in [1.82, 2.24) is 0 Å². The van der Waals surface area contributed by atoms with Crippen LogP contribution in [0.4, 0.5) is 10.1 Å². The Hall–Kier alpha value is -1.54. The molecule has 2 aromatic rings. The molecule has 0 aromatic heterocycles. The van der Waals surface area contributed by atoms with Gasteiger partial charge in [0.1, 0.15) is 5.82 Å². The summed E-state index contributed by atoms with van der Waals surface area (Å²) in [5.41, 5.74) is 4.42. The fraction of sp³-hybridized carbons (Fsp3) is 0.294. The second kappa shape index (κ2) is 5.45. The Kier molecular flexibility index (Phi) is 3.66. The molecule has 1 nitrogen and oxygen atoms in total. The number of benzene rings is 2. The van der Waals surface area contributed by atoms with E-state index in [0.29, 0.717) is 10.7 Å². The second-order valence-corrected chi connectivity index (χ2v) is 5.75. The molecule has 0 radical (unpaired) electrons. The van der Waals surface area contributed by atoms with Crippen molar-refractivity contribution in [1.29, 1.82) is 0 Å². The van der Waals surface area contributed by atoms with Crippen LogP contribution in [-0.4, -0.2) is 0 Å². The summed E-state index contributed by atoms with van der Waals surface area (Å²) in [4.78, 5) is 0. The maximum atomic E-state index is 13.8. The molecule has 1 unspecified atom stereocenters. The van der Waals surface area contributed by atoms with Gasteiger partial charge in [-0.2, -0.15) is 0 Å². The quantitative estimate of drug-likeness (QED) is 0.825. The zero-order chi connectivity index (χ0) is 14.1. The number of fused-ring (bicyclic) bond motifs is 1. The summed E-state index contributed by atoms with van der Waals surface area (Å²) >= 11 is 6.05. The minimum atomic E-state index is -0.314. The molecule has 3 heteroatoms. The predicted molar refractivity (Wildman–Crippen MR) is 81.9 cm³/mol. The Balaban J connectivity index is 1.84. The van der Waals surface area contributed by atoms with Gasteiger partial charge in [-0.05, 0) is 55.0 Å². The van der Waals surface area contributed by atoms with Gasteiger partial charge in [0.25, 0.3) is 0 Å². The average molecular weight is 290 g/mol. The van der Waals surface area contributed by atoms with Crippen molar-refractivity contribution in [2.75, 3.05) is 5.32 Å². The summed E-state index contributed by atoms with van der Waals surface area (Å²) in [6.45, 7) is 2.03. The summed E-state index contributed by atoms with van der Waals surface area (Å²) < 4.78 is 13.8. The minimum absolute atomic E-state index is 0.0234. The summed E-state index contributed by atoms with van der Waals surface area (Å²) in [5, 5.41) is 3.59. The zero-order valence-corrected chi connectivity index (χ0v) is 12.2. The minimum Gasteiger partial charge on any atom is -0.375 e. The number of halogens is 2. The molecule has 0 fully saturated rings. The summed E-state index contributed by atoms with van der Waals surface area (Å²) in [6.07, 6.45) is 3.56. The summed E-state index contributed by atoms with van der Waals surface area (Å²) in [7, 11) is 0. The van der Waals surface area contributed by atoms with Crippen LogP contribution in [0.25, 0.3) is 0 Å². The van der Waals surface area contributed by atoms with Crippen LogP contribution < -0.4 is 5.32 Å². The number of aryl methyl sites for hydroxylation is 2. The van der Waals surface area contributed by atoms with Gasteiger partial charge >= 0.3 is 0 Å². The molecule has 0 saturated heterocycles. The van der Waals surface area contributed by atoms with E-state index in [1.165, 1.54) is 35.6 Å². The third kappa shape index (κ3) is 2.53. The molecule has 0 heterocycles. The third-order valence-electron chi connectivity index (χ3n) is 3.95. The van der Waals surface area contributed by atoms with E-state index in [9.17, 15) is 4.39 Å². The van der Waals surface area contributed by atoms with Gasteiger partial charge in [0.05, 0.1) is 10.7 Å². The van der Waals surface area contributed by atoms with Gasteiger partial charge in [-0.25, -0.2) is 4.39 Å². The maximum absolute atomic E-state index is 13.8. The first-order valence-corrected chi connectivity index (χ1v) is 7.35. The largest absolute Gasteiger partial charge is 0.375 e. The van der Waals surface area contributed by atoms with Gasteiger partial charge in [0, 0.05) is 6.04 Å². The van der Waals surface area contributed by atoms with Crippen LogP contribution in [0.1, 0.15) is 36.1 Å². The predicted octanol–water partition coefficient (Wildman–Crippen LogP) is 5.14. The van der Waals surface area contributed by atoms with Crippen LogP contribution >= 0.6 is 11.6 Å². The molecule has 20 heavy (non-hydrogen) atoms. The SMILES string of the molecule is CC(Nc1c(F)cccc1Cl)c1ccc2c(c1)CCC2. The molecule has 2 aromatic carbocycles. The molecular formula is C17H17ClFN. The van der Waals surface area contributed by atoms with Crippen molar-refractivity contribution in [2.24, 2.45) is 0 Å². The van der Waals surface area contributed by atoms with Crippen molar-refractivity contribution < 1.29 is 4.39 Å². The molecule has 1 aliphatic rings. The molecule has 0 aliphatic heterocycles. The van der Waals surface area contributed by atoms with Gasteiger partial charge in [0.2, 0.25) is 0 Å². The molecule has 104 valence electrons. The molecule has 1 atom stereocenters. The first-order valence-electron chi connectivity index (χ1n) is 6.97. The lowest BCUT2D eigenvalue weighted by Crippen LogP contribution is -2.09. The van der Waals surface area contributed by atoms with Gasteiger partial charge in [0.15, 0.2) is 0 Å². The van der Waals surface area contributed by atoms with Crippen LogP contribution in [0.2, 0.25) is 5.02 Å². The van der Waals surface area contributed by atoms with E-state index >= 15 is 0 Å². The Morgan fingerprint density at radius 3 is 2.75 bits per heavy atom. The lowest BCUT2D eigenvalue weighted by atomic mass is 10.0. The number of para-hydroxylation sites is 1. The number of hydrogen-bond donors (Lipinski definition) is 1. The lowest BCUT2D eigenvalue weighted by Gasteiger charge is -2.18. The van der Waals surface area contributed by atoms with Crippen LogP contribution in [0.15, 0.2) is 36.4 Å². The first-order chi connectivity index (χ1) is 9.65. The summed E-state index contributed by atoms with van der Waals surface area (Å²) in [5.74, 6) is -0.314. The van der Waals surface area contributed by atoms with Crippen LogP contribution in [0.5, 0.6) is 0 Å². The monoisotopic (exact) mass is 289 g/mol. The van der Waals surface area contributed by atoms with Crippen LogP contribution in [0, 0.1) is 5.82 Å². The van der Waals surface area contributed by atoms with Gasteiger partial charge in [-0.1, -0.05) is 35.9 Å². The number of anilines is 1. The fourth-order valence-corrected chi connectivity index (χ4v) is 3.01. The molecule has 0 saturated carbocycles. The molecular weight excluding hydrogens is 273 g/mol. The van der Waals surface area contributed by atoms with Gasteiger partial charge < -0.3 is 5.32 Å². The Morgan fingerprint density at radius 1 is 1.15 bits per heavy atom. The highest BCUT2D eigenvalue weighted by atomic mass is 35.5. The Labute approximate surface area is 123 Å². The van der Waals surface area contributed by atoms with Crippen LogP contribution in [0.3, 0.4) is 0 Å². The smallest absolute Gasteiger partial charge is 0.147 e. The molecule has 0 bridgehead atoms. The normalized spacial score (nSPS) is 14.9. The molecule has 1 N–H and O–H groups in total. The van der Waals surface area contributed by atoms with E-state index in [4.69, 9.17) is 11.6 Å². The standard InChI is InChI=1S/C17H17ClFN/c1-11(20-17-15(18)6-3-7-16(17)19)13-9-8-12-4-2-5-14(12)10-13/h3,6-11,20H,2,4-5H2,1H3. The lowest BCUT2D eigenvalue weighted by molar-refractivity contribution is 0.627. The maximum Gasteiger partial charge on any atom is 0.147 e. The van der Waals surface area contributed by atoms with E-state index in [1.54, 1.807) is 12.1 Å². The topological polar surface area (TPSA) is 12.0 Å². The highest BCUT2D eigenvalue weighted by molar-refractivity contribution is 6.33. The number of hydrogen-bond acceptors (Lipinski definition) is 1. The Bertz CT molecular complexity index is 619. The highest BCUT2D eigenvalue weighted by Crippen LogP contribution is 2.30. The van der Waals surface area contributed by atoms with E-state index in [0.717, 1.165) is 6.42 Å². The molecule has 0 spiro atoms. The number of nitrogens with one attached hydrogen (secondary N) is 1. The average Bonchev–Trinajstić information content (AvgIpc) is 2.90. The zero-order valence-electron chi connectivity index (χ0n) is 11.4. The van der Waals surface area contributed by atoms with Crippen molar-refractivity contribution in [3.05, 3.63) is 63.9 Å². The van der Waals surface area contributed by atoms with Gasteiger partial charge in [-0.15, -0.1) is 0 Å². The molecule has 1 aliphatic carbocycles. The summed E-state index contributed by atoms with van der Waals surface area (Å²) in [6, 6.07) is 11.3. The third-order valence-corrected chi connectivity index (χ3v) is 4.26. The first kappa shape index (κ1) is 13.4. The van der Waals surface area contributed by atoms with Crippen LogP contribution in [-0.2, 0) is 12.8 Å². The van der Waals surface area contributed by atoms with E-state index in [-0.39, 0.29) is 11.9 Å². The van der Waals surface area contributed by atoms with Gasteiger partial charge in [-0.3, -0.25) is 0 Å². The fourth-order valence-electron chi connectivity index (χ4n) is 2.80. The van der Waals surface area contributed by atoms with Crippen molar-refractivity contribution in [2.45, 2.75) is 32.2 Å². The molecule has 3 rings (SSSR count). The number of rotatable bonds is 3. The van der Waals surface area contributed by atoms with E-state index < -0.39 is 0 Å². The molecule has 0 amide bonds. The Morgan fingerprint density at radius 2 is 1.95 bits per heavy atom.